The molecule has 0 aliphatic carbocycles. The van der Waals surface area contributed by atoms with Gasteiger partial charge >= 0.3 is 0 Å². The highest BCUT2D eigenvalue weighted by Gasteiger charge is 1.59. The Morgan fingerprint density at radius 2 is 1.73 bits per heavy atom. The monoisotopic (exact) mass is 138 g/mol. The first-order valence-corrected chi connectivity index (χ1v) is 2.96. The Kier molecular flexibility index (Phi) is 6.51. The van der Waals surface area contributed by atoms with E-state index in [9.17, 15) is 0 Å². The fourth-order valence-electron chi connectivity index (χ4n) is 0.297. The lowest BCUT2D eigenvalue weighted by Gasteiger charge is -1.64. The lowest BCUT2D eigenvalue weighted by molar-refractivity contribution is 1.49. The van der Waals surface area contributed by atoms with E-state index < -0.39 is 0 Å². The molecule has 0 rings (SSSR count). The highest BCUT2D eigenvalue weighted by atomic mass is 13.6. The van der Waals surface area contributed by atoms with Crippen molar-refractivity contribution >= 4 is 0 Å². The molecule has 0 saturated carbocycles. The van der Waals surface area contributed by atoms with Gasteiger partial charge in [0.1, 0.15) is 0 Å². The van der Waals surface area contributed by atoms with Gasteiger partial charge in [0.25, 0.3) is 0 Å². The van der Waals surface area contributed by atoms with Crippen molar-refractivity contribution in [3.8, 4) is 47.9 Å². The van der Waals surface area contributed by atoms with Gasteiger partial charge in [-0.1, -0.05) is 12.0 Å². The van der Waals surface area contributed by atoms with Gasteiger partial charge in [0.05, 0.1) is 0 Å². The number of hydrogen-bond donors (Lipinski definition) is 0. The van der Waals surface area contributed by atoms with E-state index >= 15 is 0 Å². The van der Waals surface area contributed by atoms with Crippen LogP contribution in [0.15, 0.2) is 12.7 Å². The zero-order chi connectivity index (χ0) is 8.36. The summed E-state index contributed by atoms with van der Waals surface area (Å²) in [5, 5.41) is 0. The average molecular weight is 138 g/mol. The summed E-state index contributed by atoms with van der Waals surface area (Å²) < 4.78 is 0. The minimum Gasteiger partial charge on any atom is -0.106 e. The van der Waals surface area contributed by atoms with Crippen LogP contribution in [0.3, 0.4) is 0 Å². The Balaban J connectivity index is 3.86. The summed E-state index contributed by atoms with van der Waals surface area (Å²) in [6, 6.07) is 0. The summed E-state index contributed by atoms with van der Waals surface area (Å²) in [6.07, 6.45) is 7.21. The van der Waals surface area contributed by atoms with Gasteiger partial charge in [-0.25, -0.2) is 0 Å². The number of rotatable bonds is 1. The molecule has 0 aliphatic rings. The minimum absolute atomic E-state index is 0.650. The standard InChI is InChI=1S/C11H6/c1-3-5-7-9-11-10-8-6-4-2/h1,4H,2,6H2. The predicted molar refractivity (Wildman–Crippen MR) is 47.0 cm³/mol. The topological polar surface area (TPSA) is 0 Å². The third-order valence-electron chi connectivity index (χ3n) is 0.657. The van der Waals surface area contributed by atoms with E-state index in [4.69, 9.17) is 6.42 Å². The van der Waals surface area contributed by atoms with Gasteiger partial charge in [0.15, 0.2) is 0 Å². The second kappa shape index (κ2) is 7.98. The lowest BCUT2D eigenvalue weighted by atomic mass is 10.4. The zero-order valence-electron chi connectivity index (χ0n) is 6.07. The Bertz CT molecular complexity index is 331. The molecular weight excluding hydrogens is 132 g/mol. The van der Waals surface area contributed by atoms with Crippen LogP contribution in [0.25, 0.3) is 0 Å². The fraction of sp³-hybridized carbons (Fsp3) is 0.0909. The van der Waals surface area contributed by atoms with Gasteiger partial charge in [0.2, 0.25) is 0 Å². The van der Waals surface area contributed by atoms with E-state index in [1.54, 1.807) is 6.08 Å². The van der Waals surface area contributed by atoms with E-state index in [0.717, 1.165) is 0 Å². The number of hydrogen-bond acceptors (Lipinski definition) is 0. The molecule has 0 heterocycles. The second-order valence-electron chi connectivity index (χ2n) is 1.44. The summed E-state index contributed by atoms with van der Waals surface area (Å²) in [7, 11) is 0. The molecule has 0 bridgehead atoms. The molecule has 0 nitrogen and oxygen atoms in total. The molecule has 0 unspecified atom stereocenters. The van der Waals surface area contributed by atoms with E-state index in [1.165, 1.54) is 0 Å². The molecule has 0 N–H and O–H groups in total. The Hall–Kier alpha value is -2.02. The highest BCUT2D eigenvalue weighted by Crippen LogP contribution is 1.70. The van der Waals surface area contributed by atoms with Crippen molar-refractivity contribution in [2.45, 2.75) is 6.42 Å². The Morgan fingerprint density at radius 3 is 2.36 bits per heavy atom. The molecule has 0 spiro atoms. The zero-order valence-corrected chi connectivity index (χ0v) is 6.07. The largest absolute Gasteiger partial charge is 0.106 e. The summed E-state index contributed by atoms with van der Waals surface area (Å²) >= 11 is 0. The maximum Gasteiger partial charge on any atom is 0.0277 e. The van der Waals surface area contributed by atoms with Crippen LogP contribution in [0.1, 0.15) is 6.42 Å². The van der Waals surface area contributed by atoms with Crippen LogP contribution >= 0.6 is 0 Å². The van der Waals surface area contributed by atoms with Crippen LogP contribution in [-0.4, -0.2) is 0 Å². The third kappa shape index (κ3) is 7.98. The summed E-state index contributed by atoms with van der Waals surface area (Å²) in [4.78, 5) is 0. The van der Waals surface area contributed by atoms with Gasteiger partial charge in [-0.2, -0.15) is 0 Å². The summed E-state index contributed by atoms with van der Waals surface area (Å²) in [6.45, 7) is 3.50. The average Bonchev–Trinajstić information content (AvgIpc) is 2.03. The third-order valence-corrected chi connectivity index (χ3v) is 0.657. The molecule has 50 valence electrons. The minimum atomic E-state index is 0.650. The maximum absolute atomic E-state index is 4.85. The van der Waals surface area contributed by atoms with Crippen molar-refractivity contribution in [1.82, 2.24) is 0 Å². The van der Waals surface area contributed by atoms with E-state index in [0.29, 0.717) is 6.42 Å². The molecule has 0 saturated heterocycles. The van der Waals surface area contributed by atoms with Gasteiger partial charge < -0.3 is 0 Å². The molecule has 0 radical (unpaired) electrons. The number of terminal acetylenes is 1. The fourth-order valence-corrected chi connectivity index (χ4v) is 0.297. The van der Waals surface area contributed by atoms with E-state index in [-0.39, 0.29) is 0 Å². The Morgan fingerprint density at radius 1 is 1.09 bits per heavy atom. The SMILES string of the molecule is C#CC#CC#CC#CCC=C. The lowest BCUT2D eigenvalue weighted by Crippen LogP contribution is -1.55. The van der Waals surface area contributed by atoms with Gasteiger partial charge in [-0.15, -0.1) is 13.0 Å². The molecular formula is C11H6. The van der Waals surface area contributed by atoms with Crippen LogP contribution in [-0.2, 0) is 0 Å². The molecule has 0 aliphatic heterocycles. The molecule has 0 heteroatoms. The van der Waals surface area contributed by atoms with Gasteiger partial charge in [-0.3, -0.25) is 0 Å². The van der Waals surface area contributed by atoms with Crippen molar-refractivity contribution in [2.75, 3.05) is 0 Å². The number of allylic oxidation sites excluding steroid dienone is 1. The molecule has 0 aromatic heterocycles. The first-order chi connectivity index (χ1) is 5.41. The molecule has 0 aromatic carbocycles. The predicted octanol–water partition coefficient (Wildman–Crippen LogP) is 1.21. The molecule has 0 atom stereocenters. The first kappa shape index (κ1) is 8.98. The smallest absolute Gasteiger partial charge is 0.0277 e. The van der Waals surface area contributed by atoms with Crippen molar-refractivity contribution < 1.29 is 0 Å². The van der Waals surface area contributed by atoms with Crippen LogP contribution in [0, 0.1) is 47.9 Å². The summed E-state index contributed by atoms with van der Waals surface area (Å²) in [5.41, 5.74) is 0. The highest BCUT2D eigenvalue weighted by molar-refractivity contribution is 5.39. The van der Waals surface area contributed by atoms with Gasteiger partial charge in [-0.05, 0) is 35.5 Å². The Labute approximate surface area is 67.7 Å². The van der Waals surface area contributed by atoms with Gasteiger partial charge in [0, 0.05) is 6.42 Å². The molecule has 11 heavy (non-hydrogen) atoms. The first-order valence-electron chi connectivity index (χ1n) is 2.96. The second-order valence-corrected chi connectivity index (χ2v) is 1.44. The molecule has 0 amide bonds. The van der Waals surface area contributed by atoms with Crippen molar-refractivity contribution in [2.24, 2.45) is 0 Å². The van der Waals surface area contributed by atoms with E-state index in [2.05, 4.69) is 48.0 Å². The van der Waals surface area contributed by atoms with Crippen LogP contribution in [0.2, 0.25) is 0 Å². The van der Waals surface area contributed by atoms with Crippen molar-refractivity contribution in [3.05, 3.63) is 12.7 Å². The maximum atomic E-state index is 4.85. The van der Waals surface area contributed by atoms with Crippen LogP contribution in [0.4, 0.5) is 0 Å². The molecule has 0 aromatic rings. The van der Waals surface area contributed by atoms with Crippen molar-refractivity contribution in [3.63, 3.8) is 0 Å². The quantitative estimate of drug-likeness (QED) is 0.377. The van der Waals surface area contributed by atoms with Crippen LogP contribution < -0.4 is 0 Å². The van der Waals surface area contributed by atoms with Crippen LogP contribution in [0.5, 0.6) is 0 Å². The summed E-state index contributed by atoms with van der Waals surface area (Å²) in [5.74, 6) is 17.3. The van der Waals surface area contributed by atoms with E-state index in [1.807, 2.05) is 0 Å². The normalized spacial score (nSPS) is 4.64. The van der Waals surface area contributed by atoms with Crippen molar-refractivity contribution in [1.29, 1.82) is 0 Å². The molecule has 0 fully saturated rings.